The molecule has 0 atom stereocenters. The summed E-state index contributed by atoms with van der Waals surface area (Å²) in [6, 6.07) is 17.6. The topological polar surface area (TPSA) is 106 Å². The highest BCUT2D eigenvalue weighted by Gasteiger charge is 2.31. The number of hydrogen-bond acceptors (Lipinski definition) is 8. The lowest BCUT2D eigenvalue weighted by molar-refractivity contribution is -0.384. The Kier molecular flexibility index (Phi) is 4.97. The molecule has 10 heteroatoms. The van der Waals surface area contributed by atoms with Gasteiger partial charge in [0.1, 0.15) is 11.8 Å². The first-order valence-corrected chi connectivity index (χ1v) is 10.0. The molecule has 1 aliphatic heterocycles. The van der Waals surface area contributed by atoms with Crippen LogP contribution in [0, 0.1) is 10.1 Å². The van der Waals surface area contributed by atoms with Crippen molar-refractivity contribution in [2.24, 2.45) is 0 Å². The third kappa shape index (κ3) is 3.68. The van der Waals surface area contributed by atoms with Crippen LogP contribution < -0.4 is 4.90 Å². The second-order valence-corrected chi connectivity index (χ2v) is 7.37. The Morgan fingerprint density at radius 1 is 0.903 bits per heavy atom. The van der Waals surface area contributed by atoms with Gasteiger partial charge in [0.05, 0.1) is 10.4 Å². The lowest BCUT2D eigenvalue weighted by Crippen LogP contribution is -2.46. The second kappa shape index (κ2) is 8.07. The predicted molar refractivity (Wildman–Crippen MR) is 115 cm³/mol. The zero-order valence-electron chi connectivity index (χ0n) is 16.7. The largest absolute Gasteiger partial charge is 0.355 e. The van der Waals surface area contributed by atoms with Gasteiger partial charge >= 0.3 is 5.69 Å². The summed E-state index contributed by atoms with van der Waals surface area (Å²) >= 11 is 0. The number of hydrogen-bond donors (Lipinski definition) is 0. The van der Waals surface area contributed by atoms with E-state index >= 15 is 0 Å². The molecule has 0 N–H and O–H groups in total. The van der Waals surface area contributed by atoms with Gasteiger partial charge in [0.25, 0.3) is 0 Å². The van der Waals surface area contributed by atoms with Crippen LogP contribution in [0.2, 0.25) is 0 Å². The first-order chi connectivity index (χ1) is 15.2. The van der Waals surface area contributed by atoms with Crippen molar-refractivity contribution in [2.45, 2.75) is 6.54 Å². The number of anilines is 1. The summed E-state index contributed by atoms with van der Waals surface area (Å²) in [7, 11) is 0. The molecule has 1 saturated heterocycles. The van der Waals surface area contributed by atoms with E-state index in [1.807, 2.05) is 41.3 Å². The fourth-order valence-corrected chi connectivity index (χ4v) is 3.90. The minimum atomic E-state index is -0.433. The van der Waals surface area contributed by atoms with Crippen molar-refractivity contribution in [1.82, 2.24) is 29.9 Å². The number of rotatable bonds is 5. The molecular weight excluding hydrogens is 396 g/mol. The van der Waals surface area contributed by atoms with Crippen molar-refractivity contribution in [3.8, 4) is 5.82 Å². The smallest absolute Gasteiger partial charge is 0.348 e. The van der Waals surface area contributed by atoms with E-state index in [-0.39, 0.29) is 11.5 Å². The SMILES string of the molecule is O=[N+]([O-])c1c(N2CCN(Cc3ccccc3)CC2)ncnc1-n1nnc2ccccc21. The van der Waals surface area contributed by atoms with Gasteiger partial charge in [-0.2, -0.15) is 4.68 Å². The number of nitrogens with zero attached hydrogens (tertiary/aromatic N) is 8. The standard InChI is InChI=1S/C21H20N8O2/c30-29(31)19-20(27-12-10-26(11-13-27)14-16-6-2-1-3-7-16)22-15-23-21(19)28-18-9-5-4-8-17(18)24-25-28/h1-9,15H,10-14H2. The summed E-state index contributed by atoms with van der Waals surface area (Å²) in [4.78, 5) is 24.4. The quantitative estimate of drug-likeness (QED) is 0.361. The molecule has 0 spiro atoms. The molecule has 5 rings (SSSR count). The van der Waals surface area contributed by atoms with Crippen molar-refractivity contribution in [1.29, 1.82) is 0 Å². The number of piperazine rings is 1. The maximum Gasteiger partial charge on any atom is 0.355 e. The molecular formula is C21H20N8O2. The lowest BCUT2D eigenvalue weighted by atomic mass is 10.2. The van der Waals surface area contributed by atoms with E-state index in [4.69, 9.17) is 0 Å². The van der Waals surface area contributed by atoms with Crippen LogP contribution >= 0.6 is 0 Å². The van der Waals surface area contributed by atoms with Crippen LogP contribution in [-0.2, 0) is 6.54 Å². The van der Waals surface area contributed by atoms with Gasteiger partial charge in [0.15, 0.2) is 0 Å². The van der Waals surface area contributed by atoms with E-state index in [1.165, 1.54) is 16.6 Å². The van der Waals surface area contributed by atoms with Gasteiger partial charge in [-0.15, -0.1) is 5.10 Å². The highest BCUT2D eigenvalue weighted by molar-refractivity contribution is 5.77. The van der Waals surface area contributed by atoms with Gasteiger partial charge in [0, 0.05) is 32.7 Å². The highest BCUT2D eigenvalue weighted by Crippen LogP contribution is 2.32. The van der Waals surface area contributed by atoms with E-state index in [0.717, 1.165) is 19.6 Å². The van der Waals surface area contributed by atoms with Gasteiger partial charge < -0.3 is 4.90 Å². The summed E-state index contributed by atoms with van der Waals surface area (Å²) in [5.41, 5.74) is 2.40. The zero-order chi connectivity index (χ0) is 21.2. The van der Waals surface area contributed by atoms with E-state index in [9.17, 15) is 10.1 Å². The lowest BCUT2D eigenvalue weighted by Gasteiger charge is -2.35. The Balaban J connectivity index is 1.43. The van der Waals surface area contributed by atoms with Crippen LogP contribution in [-0.4, -0.2) is 61.0 Å². The van der Waals surface area contributed by atoms with Crippen LogP contribution in [0.1, 0.15) is 5.56 Å². The van der Waals surface area contributed by atoms with E-state index in [0.29, 0.717) is 29.9 Å². The van der Waals surface area contributed by atoms with Crippen LogP contribution in [0.15, 0.2) is 60.9 Å². The molecule has 31 heavy (non-hydrogen) atoms. The van der Waals surface area contributed by atoms with Crippen LogP contribution in [0.3, 0.4) is 0 Å². The van der Waals surface area contributed by atoms with Crippen LogP contribution in [0.4, 0.5) is 11.5 Å². The first-order valence-electron chi connectivity index (χ1n) is 10.0. The number of benzene rings is 2. The number of para-hydroxylation sites is 1. The number of fused-ring (bicyclic) bond motifs is 1. The van der Waals surface area contributed by atoms with Gasteiger partial charge in [-0.1, -0.05) is 47.7 Å². The molecule has 4 aromatic rings. The van der Waals surface area contributed by atoms with Crippen molar-refractivity contribution in [3.63, 3.8) is 0 Å². The Morgan fingerprint density at radius 3 is 2.39 bits per heavy atom. The minimum absolute atomic E-state index is 0.121. The van der Waals surface area contributed by atoms with E-state index in [1.54, 1.807) is 6.07 Å². The fourth-order valence-electron chi connectivity index (χ4n) is 3.90. The number of aromatic nitrogens is 5. The Morgan fingerprint density at radius 2 is 1.61 bits per heavy atom. The Labute approximate surface area is 177 Å². The molecule has 0 aliphatic carbocycles. The van der Waals surface area contributed by atoms with Gasteiger partial charge in [-0.05, 0) is 17.7 Å². The molecule has 10 nitrogen and oxygen atoms in total. The number of nitro groups is 1. The van der Waals surface area contributed by atoms with Crippen molar-refractivity contribution in [2.75, 3.05) is 31.1 Å². The molecule has 2 aromatic carbocycles. The van der Waals surface area contributed by atoms with Gasteiger partial charge in [-0.25, -0.2) is 9.97 Å². The molecule has 0 unspecified atom stereocenters. The van der Waals surface area contributed by atoms with Gasteiger partial charge in [0.2, 0.25) is 11.6 Å². The summed E-state index contributed by atoms with van der Waals surface area (Å²) in [6.07, 6.45) is 1.35. The molecule has 0 radical (unpaired) electrons. The molecule has 0 saturated carbocycles. The molecule has 1 fully saturated rings. The fraction of sp³-hybridized carbons (Fsp3) is 0.238. The Bertz CT molecular complexity index is 1220. The van der Waals surface area contributed by atoms with E-state index in [2.05, 4.69) is 37.3 Å². The summed E-state index contributed by atoms with van der Waals surface area (Å²) in [5, 5.41) is 20.2. The minimum Gasteiger partial charge on any atom is -0.348 e. The highest BCUT2D eigenvalue weighted by atomic mass is 16.6. The zero-order valence-corrected chi connectivity index (χ0v) is 16.7. The molecule has 2 aromatic heterocycles. The monoisotopic (exact) mass is 416 g/mol. The van der Waals surface area contributed by atoms with Crippen molar-refractivity contribution in [3.05, 3.63) is 76.6 Å². The summed E-state index contributed by atoms with van der Waals surface area (Å²) in [5.74, 6) is 0.435. The predicted octanol–water partition coefficient (Wildman–Crippen LogP) is 2.44. The molecule has 3 heterocycles. The third-order valence-corrected chi connectivity index (χ3v) is 5.44. The second-order valence-electron chi connectivity index (χ2n) is 7.37. The third-order valence-electron chi connectivity index (χ3n) is 5.44. The molecule has 1 aliphatic rings. The van der Waals surface area contributed by atoms with Gasteiger partial charge in [-0.3, -0.25) is 15.0 Å². The first kappa shape index (κ1) is 19.1. The summed E-state index contributed by atoms with van der Waals surface area (Å²) in [6.45, 7) is 3.72. The average Bonchev–Trinajstić information content (AvgIpc) is 3.24. The normalized spacial score (nSPS) is 14.8. The average molecular weight is 416 g/mol. The van der Waals surface area contributed by atoms with Crippen LogP contribution in [0.25, 0.3) is 16.9 Å². The molecule has 156 valence electrons. The van der Waals surface area contributed by atoms with Crippen molar-refractivity contribution < 1.29 is 4.92 Å². The van der Waals surface area contributed by atoms with E-state index < -0.39 is 4.92 Å². The summed E-state index contributed by atoms with van der Waals surface area (Å²) < 4.78 is 1.41. The maximum atomic E-state index is 12.0. The molecule has 0 bridgehead atoms. The Hall–Kier alpha value is -3.92. The maximum absolute atomic E-state index is 12.0. The van der Waals surface area contributed by atoms with Crippen LogP contribution in [0.5, 0.6) is 0 Å². The van der Waals surface area contributed by atoms with Crippen molar-refractivity contribution >= 4 is 22.5 Å². The molecule has 0 amide bonds.